The van der Waals surface area contributed by atoms with E-state index in [4.69, 9.17) is 10.00 Å². The van der Waals surface area contributed by atoms with Gasteiger partial charge in [0.25, 0.3) is 0 Å². The number of amides is 1. The van der Waals surface area contributed by atoms with Crippen LogP contribution in [0, 0.1) is 18.3 Å². The molecule has 0 fully saturated rings. The van der Waals surface area contributed by atoms with Gasteiger partial charge in [0.05, 0.1) is 13.2 Å². The van der Waals surface area contributed by atoms with E-state index in [0.29, 0.717) is 11.4 Å². The summed E-state index contributed by atoms with van der Waals surface area (Å²) in [6, 6.07) is 7.16. The Bertz CT molecular complexity index is 408. The Morgan fingerprint density at radius 2 is 2.33 bits per heavy atom. The number of hydrogen-bond acceptors (Lipinski definition) is 3. The van der Waals surface area contributed by atoms with Crippen molar-refractivity contribution < 1.29 is 9.53 Å². The monoisotopic (exact) mass is 204 g/mol. The van der Waals surface area contributed by atoms with Crippen LogP contribution in [0.1, 0.15) is 12.0 Å². The summed E-state index contributed by atoms with van der Waals surface area (Å²) in [6.07, 6.45) is -0.142. The molecule has 0 heterocycles. The largest absolute Gasteiger partial charge is 0.496 e. The fourth-order valence-electron chi connectivity index (χ4n) is 1.24. The molecule has 0 saturated heterocycles. The maximum atomic E-state index is 11.2. The lowest BCUT2D eigenvalue weighted by molar-refractivity contribution is -0.115. The van der Waals surface area contributed by atoms with Crippen LogP contribution in [0.15, 0.2) is 18.2 Å². The molecule has 78 valence electrons. The van der Waals surface area contributed by atoms with Gasteiger partial charge in [-0.1, -0.05) is 6.07 Å². The lowest BCUT2D eigenvalue weighted by atomic mass is 10.2. The second-order valence-corrected chi connectivity index (χ2v) is 3.02. The number of rotatable bonds is 3. The molecule has 0 saturated carbocycles. The molecular weight excluding hydrogens is 192 g/mol. The van der Waals surface area contributed by atoms with Gasteiger partial charge in [0.2, 0.25) is 5.91 Å². The molecule has 1 amide bonds. The summed E-state index contributed by atoms with van der Waals surface area (Å²) < 4.78 is 5.11. The van der Waals surface area contributed by atoms with Gasteiger partial charge in [0.1, 0.15) is 12.2 Å². The van der Waals surface area contributed by atoms with Gasteiger partial charge < -0.3 is 10.1 Å². The number of carbonyl (C=O) groups excluding carboxylic acids is 1. The predicted molar refractivity (Wildman–Crippen MR) is 56.6 cm³/mol. The van der Waals surface area contributed by atoms with Crippen molar-refractivity contribution in [3.8, 4) is 11.8 Å². The van der Waals surface area contributed by atoms with Gasteiger partial charge in [-0.05, 0) is 19.1 Å². The number of benzene rings is 1. The van der Waals surface area contributed by atoms with E-state index in [2.05, 4.69) is 5.32 Å². The Hall–Kier alpha value is -2.02. The number of methoxy groups -OCH3 is 1. The second kappa shape index (κ2) is 5.01. The maximum Gasteiger partial charge on any atom is 0.238 e. The van der Waals surface area contributed by atoms with Crippen molar-refractivity contribution in [3.05, 3.63) is 23.8 Å². The zero-order valence-electron chi connectivity index (χ0n) is 8.70. The fraction of sp³-hybridized carbons (Fsp3) is 0.273. The van der Waals surface area contributed by atoms with Crippen LogP contribution in [0.3, 0.4) is 0 Å². The summed E-state index contributed by atoms with van der Waals surface area (Å²) in [6.45, 7) is 1.85. The lowest BCUT2D eigenvalue weighted by Gasteiger charge is -2.10. The van der Waals surface area contributed by atoms with Gasteiger partial charge >= 0.3 is 0 Å². The second-order valence-electron chi connectivity index (χ2n) is 3.02. The number of nitrogens with one attached hydrogen (secondary N) is 1. The molecule has 0 aromatic heterocycles. The maximum absolute atomic E-state index is 11.2. The molecule has 0 atom stereocenters. The predicted octanol–water partition coefficient (Wildman–Crippen LogP) is 1.86. The van der Waals surface area contributed by atoms with Crippen molar-refractivity contribution in [2.75, 3.05) is 12.4 Å². The highest BCUT2D eigenvalue weighted by Crippen LogP contribution is 2.24. The number of ether oxygens (including phenoxy) is 1. The minimum atomic E-state index is -0.311. The van der Waals surface area contributed by atoms with Crippen molar-refractivity contribution >= 4 is 11.6 Å². The Balaban J connectivity index is 2.87. The molecule has 0 spiro atoms. The van der Waals surface area contributed by atoms with Crippen LogP contribution in [0.2, 0.25) is 0 Å². The number of nitrogens with zero attached hydrogens (tertiary/aromatic N) is 1. The molecule has 1 aromatic rings. The molecule has 0 aliphatic carbocycles. The van der Waals surface area contributed by atoms with E-state index < -0.39 is 0 Å². The SMILES string of the molecule is COc1cccc(NC(=O)CC#N)c1C. The van der Waals surface area contributed by atoms with Gasteiger partial charge in [0.15, 0.2) is 0 Å². The Labute approximate surface area is 88.5 Å². The quantitative estimate of drug-likeness (QED) is 0.817. The Kier molecular flexibility index (Phi) is 3.69. The summed E-state index contributed by atoms with van der Waals surface area (Å²) in [5, 5.41) is 11.0. The molecule has 0 aliphatic rings. The normalized spacial score (nSPS) is 9.13. The average molecular weight is 204 g/mol. The van der Waals surface area contributed by atoms with E-state index in [0.717, 1.165) is 5.56 Å². The summed E-state index contributed by atoms with van der Waals surface area (Å²) >= 11 is 0. The van der Waals surface area contributed by atoms with Crippen LogP contribution in [0.25, 0.3) is 0 Å². The Morgan fingerprint density at radius 1 is 1.60 bits per heavy atom. The fourth-order valence-corrected chi connectivity index (χ4v) is 1.24. The van der Waals surface area contributed by atoms with Crippen LogP contribution in [0.5, 0.6) is 5.75 Å². The van der Waals surface area contributed by atoms with E-state index >= 15 is 0 Å². The molecular formula is C11H12N2O2. The first kappa shape index (κ1) is 11.1. The summed E-state index contributed by atoms with van der Waals surface area (Å²) in [5.74, 6) is 0.401. The third kappa shape index (κ3) is 2.71. The molecule has 15 heavy (non-hydrogen) atoms. The van der Waals surface area contributed by atoms with Gasteiger partial charge in [-0.25, -0.2) is 0 Å². The van der Waals surface area contributed by atoms with Crippen molar-refractivity contribution in [2.45, 2.75) is 13.3 Å². The van der Waals surface area contributed by atoms with Crippen LogP contribution < -0.4 is 10.1 Å². The van der Waals surface area contributed by atoms with E-state index in [1.807, 2.05) is 13.0 Å². The molecule has 1 rings (SSSR count). The number of carbonyl (C=O) groups is 1. The molecule has 1 N–H and O–H groups in total. The van der Waals surface area contributed by atoms with E-state index in [1.165, 1.54) is 0 Å². The molecule has 4 nitrogen and oxygen atoms in total. The van der Waals surface area contributed by atoms with Crippen molar-refractivity contribution in [1.82, 2.24) is 0 Å². The first-order valence-electron chi connectivity index (χ1n) is 4.49. The molecule has 0 unspecified atom stereocenters. The third-order valence-electron chi connectivity index (χ3n) is 2.02. The van der Waals surface area contributed by atoms with Gasteiger partial charge in [-0.15, -0.1) is 0 Å². The highest BCUT2D eigenvalue weighted by molar-refractivity contribution is 5.93. The number of anilines is 1. The van der Waals surface area contributed by atoms with Crippen molar-refractivity contribution in [2.24, 2.45) is 0 Å². The molecule has 0 radical (unpaired) electrons. The summed E-state index contributed by atoms with van der Waals surface area (Å²) in [5.41, 5.74) is 1.53. The number of hydrogen-bond donors (Lipinski definition) is 1. The third-order valence-corrected chi connectivity index (χ3v) is 2.02. The molecule has 4 heteroatoms. The highest BCUT2D eigenvalue weighted by Gasteiger charge is 2.06. The summed E-state index contributed by atoms with van der Waals surface area (Å²) in [7, 11) is 1.57. The van der Waals surface area contributed by atoms with Crippen LogP contribution in [0.4, 0.5) is 5.69 Å². The minimum Gasteiger partial charge on any atom is -0.496 e. The van der Waals surface area contributed by atoms with Crippen LogP contribution in [-0.4, -0.2) is 13.0 Å². The van der Waals surface area contributed by atoms with Crippen molar-refractivity contribution in [3.63, 3.8) is 0 Å². The van der Waals surface area contributed by atoms with Crippen LogP contribution in [-0.2, 0) is 4.79 Å². The molecule has 0 bridgehead atoms. The summed E-state index contributed by atoms with van der Waals surface area (Å²) in [4.78, 5) is 11.2. The zero-order valence-corrected chi connectivity index (χ0v) is 8.70. The van der Waals surface area contributed by atoms with E-state index in [9.17, 15) is 4.79 Å². The molecule has 0 aliphatic heterocycles. The standard InChI is InChI=1S/C11H12N2O2/c1-8-9(13-11(14)6-7-12)4-3-5-10(8)15-2/h3-5H,6H2,1-2H3,(H,13,14). The first-order valence-corrected chi connectivity index (χ1v) is 4.49. The molecule has 1 aromatic carbocycles. The van der Waals surface area contributed by atoms with Gasteiger partial charge in [0, 0.05) is 11.3 Å². The average Bonchev–Trinajstić information content (AvgIpc) is 2.21. The smallest absolute Gasteiger partial charge is 0.238 e. The lowest BCUT2D eigenvalue weighted by Crippen LogP contribution is -2.11. The zero-order chi connectivity index (χ0) is 11.3. The van der Waals surface area contributed by atoms with E-state index in [-0.39, 0.29) is 12.3 Å². The highest BCUT2D eigenvalue weighted by atomic mass is 16.5. The van der Waals surface area contributed by atoms with Gasteiger partial charge in [-0.3, -0.25) is 4.79 Å². The van der Waals surface area contributed by atoms with Gasteiger partial charge in [-0.2, -0.15) is 5.26 Å². The first-order chi connectivity index (χ1) is 7.19. The number of nitriles is 1. The Morgan fingerprint density at radius 3 is 2.93 bits per heavy atom. The van der Waals surface area contributed by atoms with Crippen LogP contribution >= 0.6 is 0 Å². The van der Waals surface area contributed by atoms with E-state index in [1.54, 1.807) is 25.3 Å². The minimum absolute atomic E-state index is 0.142. The topological polar surface area (TPSA) is 62.1 Å². The van der Waals surface area contributed by atoms with Crippen molar-refractivity contribution in [1.29, 1.82) is 5.26 Å².